The van der Waals surface area contributed by atoms with E-state index in [1.807, 2.05) is 25.1 Å². The van der Waals surface area contributed by atoms with Crippen LogP contribution in [-0.4, -0.2) is 45.9 Å². The molecule has 0 radical (unpaired) electrons. The van der Waals surface area contributed by atoms with Gasteiger partial charge in [-0.05, 0) is 31.2 Å². The standard InChI is InChI=1S/C18H19ClN4O2/c1-12-17(23-10-13(19)7-8-16(23)21-12)18(24)22(2)15(11-25-3)14-6-4-5-9-20-14/h4-10,15H,11H2,1-3H3/t15-/m1/s1. The zero-order valence-corrected chi connectivity index (χ0v) is 15.1. The monoisotopic (exact) mass is 358 g/mol. The van der Waals surface area contributed by atoms with E-state index in [-0.39, 0.29) is 11.9 Å². The van der Waals surface area contributed by atoms with E-state index in [4.69, 9.17) is 16.3 Å². The van der Waals surface area contributed by atoms with Gasteiger partial charge < -0.3 is 9.64 Å². The van der Waals surface area contributed by atoms with Crippen LogP contribution < -0.4 is 0 Å². The Morgan fingerprint density at radius 2 is 2.16 bits per heavy atom. The number of halogens is 1. The number of hydrogen-bond acceptors (Lipinski definition) is 4. The molecule has 3 rings (SSSR count). The highest BCUT2D eigenvalue weighted by atomic mass is 35.5. The molecule has 0 bridgehead atoms. The lowest BCUT2D eigenvalue weighted by Crippen LogP contribution is -2.35. The second kappa shape index (κ2) is 7.21. The maximum absolute atomic E-state index is 13.2. The molecule has 7 heteroatoms. The van der Waals surface area contributed by atoms with Crippen molar-refractivity contribution in [2.24, 2.45) is 0 Å². The molecule has 0 aliphatic carbocycles. The molecule has 3 aromatic heterocycles. The molecule has 6 nitrogen and oxygen atoms in total. The van der Waals surface area contributed by atoms with Gasteiger partial charge in [-0.2, -0.15) is 0 Å². The third kappa shape index (κ3) is 3.36. The first-order chi connectivity index (χ1) is 12.0. The molecule has 0 aliphatic rings. The third-order valence-electron chi connectivity index (χ3n) is 4.10. The van der Waals surface area contributed by atoms with Crippen LogP contribution in [0.15, 0.2) is 42.7 Å². The molecule has 0 aliphatic heterocycles. The summed E-state index contributed by atoms with van der Waals surface area (Å²) in [5.74, 6) is -0.167. The average Bonchev–Trinajstić information content (AvgIpc) is 2.94. The lowest BCUT2D eigenvalue weighted by molar-refractivity contribution is 0.0588. The van der Waals surface area contributed by atoms with E-state index >= 15 is 0 Å². The Balaban J connectivity index is 2.01. The lowest BCUT2D eigenvalue weighted by Gasteiger charge is -2.27. The van der Waals surface area contributed by atoms with Crippen LogP contribution in [0.25, 0.3) is 5.65 Å². The quantitative estimate of drug-likeness (QED) is 0.703. The molecule has 0 saturated carbocycles. The maximum atomic E-state index is 13.2. The minimum atomic E-state index is -0.303. The fraction of sp³-hybridized carbons (Fsp3) is 0.278. The van der Waals surface area contributed by atoms with Gasteiger partial charge >= 0.3 is 0 Å². The van der Waals surface area contributed by atoms with Crippen molar-refractivity contribution in [2.75, 3.05) is 20.8 Å². The fourth-order valence-corrected chi connectivity index (χ4v) is 2.99. The number of methoxy groups -OCH3 is 1. The summed E-state index contributed by atoms with van der Waals surface area (Å²) < 4.78 is 7.03. The topological polar surface area (TPSA) is 59.7 Å². The SMILES string of the molecule is COC[C@H](c1ccccn1)N(C)C(=O)c1c(C)nc2ccc(Cl)cn12. The number of nitrogens with zero attached hydrogens (tertiary/aromatic N) is 4. The van der Waals surface area contributed by atoms with E-state index in [0.29, 0.717) is 28.7 Å². The number of fused-ring (bicyclic) bond motifs is 1. The van der Waals surface area contributed by atoms with Crippen molar-refractivity contribution in [1.82, 2.24) is 19.3 Å². The largest absolute Gasteiger partial charge is 0.382 e. The van der Waals surface area contributed by atoms with E-state index in [9.17, 15) is 4.79 Å². The fourth-order valence-electron chi connectivity index (χ4n) is 2.83. The van der Waals surface area contributed by atoms with E-state index in [2.05, 4.69) is 9.97 Å². The number of imidazole rings is 1. The summed E-state index contributed by atoms with van der Waals surface area (Å²) in [6.07, 6.45) is 3.40. The van der Waals surface area contributed by atoms with Crippen LogP contribution in [0.4, 0.5) is 0 Å². The van der Waals surface area contributed by atoms with Crippen LogP contribution in [-0.2, 0) is 4.74 Å². The van der Waals surface area contributed by atoms with Gasteiger partial charge in [0.05, 0.1) is 29.1 Å². The number of ether oxygens (including phenoxy) is 1. The molecule has 3 heterocycles. The van der Waals surface area contributed by atoms with E-state index in [0.717, 1.165) is 5.69 Å². The number of aromatic nitrogens is 3. The van der Waals surface area contributed by atoms with Crippen molar-refractivity contribution < 1.29 is 9.53 Å². The summed E-state index contributed by atoms with van der Waals surface area (Å²) in [5, 5.41) is 0.541. The summed E-state index contributed by atoms with van der Waals surface area (Å²) >= 11 is 6.09. The van der Waals surface area contributed by atoms with Crippen molar-refractivity contribution in [1.29, 1.82) is 0 Å². The number of amides is 1. The number of hydrogen-bond donors (Lipinski definition) is 0. The smallest absolute Gasteiger partial charge is 0.273 e. The van der Waals surface area contributed by atoms with Crippen molar-refractivity contribution in [3.8, 4) is 0 Å². The summed E-state index contributed by atoms with van der Waals surface area (Å²) in [6, 6.07) is 8.85. The molecule has 0 unspecified atom stereocenters. The second-order valence-corrected chi connectivity index (χ2v) is 6.20. The summed E-state index contributed by atoms with van der Waals surface area (Å²) in [7, 11) is 3.34. The highest BCUT2D eigenvalue weighted by Crippen LogP contribution is 2.23. The first-order valence-corrected chi connectivity index (χ1v) is 8.22. The molecule has 0 aromatic carbocycles. The molecule has 25 heavy (non-hydrogen) atoms. The third-order valence-corrected chi connectivity index (χ3v) is 4.32. The lowest BCUT2D eigenvalue weighted by atomic mass is 10.1. The number of carbonyl (C=O) groups is 1. The number of pyridine rings is 2. The Morgan fingerprint density at radius 1 is 1.36 bits per heavy atom. The molecule has 0 fully saturated rings. The van der Waals surface area contributed by atoms with Crippen LogP contribution in [0.3, 0.4) is 0 Å². The Bertz CT molecular complexity index is 895. The minimum Gasteiger partial charge on any atom is -0.382 e. The second-order valence-electron chi connectivity index (χ2n) is 5.76. The van der Waals surface area contributed by atoms with Crippen molar-refractivity contribution in [3.63, 3.8) is 0 Å². The Labute approximate surface area is 151 Å². The Hall–Kier alpha value is -2.44. The normalized spacial score (nSPS) is 12.3. The van der Waals surface area contributed by atoms with E-state index < -0.39 is 0 Å². The number of aryl methyl sites for hydroxylation is 1. The highest BCUT2D eigenvalue weighted by molar-refractivity contribution is 6.30. The van der Waals surface area contributed by atoms with Crippen LogP contribution in [0, 0.1) is 6.92 Å². The van der Waals surface area contributed by atoms with Crippen LogP contribution in [0.5, 0.6) is 0 Å². The zero-order chi connectivity index (χ0) is 18.0. The van der Waals surface area contributed by atoms with Crippen molar-refractivity contribution >= 4 is 23.2 Å². The number of carbonyl (C=O) groups excluding carboxylic acids is 1. The van der Waals surface area contributed by atoms with Gasteiger partial charge in [0, 0.05) is 26.6 Å². The van der Waals surface area contributed by atoms with Gasteiger partial charge in [-0.1, -0.05) is 17.7 Å². The summed E-state index contributed by atoms with van der Waals surface area (Å²) in [4.78, 5) is 23.6. The van der Waals surface area contributed by atoms with Gasteiger partial charge in [0.2, 0.25) is 0 Å². The molecule has 1 atom stereocenters. The van der Waals surface area contributed by atoms with Gasteiger partial charge in [0.25, 0.3) is 5.91 Å². The molecule has 130 valence electrons. The minimum absolute atomic E-state index is 0.167. The molecule has 1 amide bonds. The van der Waals surface area contributed by atoms with Crippen LogP contribution >= 0.6 is 11.6 Å². The van der Waals surface area contributed by atoms with Crippen molar-refractivity contribution in [2.45, 2.75) is 13.0 Å². The Morgan fingerprint density at radius 3 is 2.84 bits per heavy atom. The van der Waals surface area contributed by atoms with Crippen LogP contribution in [0.2, 0.25) is 5.02 Å². The number of likely N-dealkylation sites (N-methyl/N-ethyl adjacent to an activating group) is 1. The average molecular weight is 359 g/mol. The zero-order valence-electron chi connectivity index (χ0n) is 14.3. The predicted octanol–water partition coefficient (Wildman–Crippen LogP) is 3.15. The molecule has 0 saturated heterocycles. The van der Waals surface area contributed by atoms with E-state index in [1.54, 1.807) is 48.0 Å². The predicted molar refractivity (Wildman–Crippen MR) is 95.9 cm³/mol. The summed E-state index contributed by atoms with van der Waals surface area (Å²) in [5.41, 5.74) is 2.58. The van der Waals surface area contributed by atoms with Crippen LogP contribution in [0.1, 0.15) is 27.9 Å². The molecular formula is C18H19ClN4O2. The van der Waals surface area contributed by atoms with E-state index in [1.165, 1.54) is 0 Å². The molecule has 0 N–H and O–H groups in total. The van der Waals surface area contributed by atoms with Gasteiger partial charge in [-0.3, -0.25) is 14.2 Å². The van der Waals surface area contributed by atoms with Crippen molar-refractivity contribution in [3.05, 3.63) is 64.8 Å². The molecule has 3 aromatic rings. The number of rotatable bonds is 5. The van der Waals surface area contributed by atoms with Gasteiger partial charge in [-0.15, -0.1) is 0 Å². The Kier molecular flexibility index (Phi) is 5.01. The van der Waals surface area contributed by atoms with Gasteiger partial charge in [0.1, 0.15) is 11.3 Å². The maximum Gasteiger partial charge on any atom is 0.273 e. The first kappa shape index (κ1) is 17.4. The first-order valence-electron chi connectivity index (χ1n) is 7.84. The molecule has 0 spiro atoms. The van der Waals surface area contributed by atoms with Gasteiger partial charge in [-0.25, -0.2) is 4.98 Å². The highest BCUT2D eigenvalue weighted by Gasteiger charge is 2.27. The van der Waals surface area contributed by atoms with Gasteiger partial charge in [0.15, 0.2) is 0 Å². The summed E-state index contributed by atoms with van der Waals surface area (Å²) in [6.45, 7) is 2.16. The molecular weight excluding hydrogens is 340 g/mol.